The number of aromatic nitrogens is 1. The number of pyridine rings is 1. The molecule has 0 bridgehead atoms. The van der Waals surface area contributed by atoms with Gasteiger partial charge < -0.3 is 0 Å². The van der Waals surface area contributed by atoms with Crippen molar-refractivity contribution in [3.05, 3.63) is 77.4 Å². The van der Waals surface area contributed by atoms with Crippen LogP contribution in [0.4, 0.5) is 13.2 Å². The molecule has 0 aliphatic carbocycles. The predicted octanol–water partition coefficient (Wildman–Crippen LogP) is 3.03. The number of sulfonamides is 1. The smallest absolute Gasteiger partial charge is 0.284 e. The number of benzene rings is 2. The van der Waals surface area contributed by atoms with Crippen molar-refractivity contribution in [2.45, 2.75) is 38.2 Å². The Bertz CT molecular complexity index is 1630. The van der Waals surface area contributed by atoms with E-state index < -0.39 is 61.0 Å². The summed E-state index contributed by atoms with van der Waals surface area (Å²) in [4.78, 5) is -1.82. The van der Waals surface area contributed by atoms with E-state index in [1.165, 1.54) is 16.9 Å². The first-order valence-electron chi connectivity index (χ1n) is 9.67. The third-order valence-corrected chi connectivity index (χ3v) is 10.1. The Morgan fingerprint density at radius 3 is 2.06 bits per heavy atom. The fourth-order valence-electron chi connectivity index (χ4n) is 3.09. The second kappa shape index (κ2) is 9.63. The van der Waals surface area contributed by atoms with Gasteiger partial charge in [-0.25, -0.2) is 30.0 Å². The highest BCUT2D eigenvalue weighted by Gasteiger charge is 2.46. The van der Waals surface area contributed by atoms with Gasteiger partial charge in [-0.05, 0) is 48.9 Å². The molecule has 0 saturated carbocycles. The minimum atomic E-state index is -5.65. The van der Waals surface area contributed by atoms with Crippen molar-refractivity contribution in [3.63, 3.8) is 0 Å². The summed E-state index contributed by atoms with van der Waals surface area (Å²) < 4.78 is 115. The minimum Gasteiger partial charge on any atom is -0.284 e. The number of hydrogen-bond donors (Lipinski definition) is 2. The van der Waals surface area contributed by atoms with Crippen LogP contribution in [-0.2, 0) is 29.7 Å². The van der Waals surface area contributed by atoms with Crippen LogP contribution in [0.25, 0.3) is 0 Å². The molecular formula is C20H17ClF3N2O7S3+. The van der Waals surface area contributed by atoms with Gasteiger partial charge >= 0.3 is 20.6 Å². The van der Waals surface area contributed by atoms with Gasteiger partial charge in [-0.1, -0.05) is 23.7 Å². The maximum Gasteiger partial charge on any atom is 0.511 e. The lowest BCUT2D eigenvalue weighted by molar-refractivity contribution is -0.933. The SMILES string of the molecule is C[C@H](NS(=O)(=O)C(F)(F)F)c1ccc(S(=O)(=O)c2ccc(Cl)cc2S(=O)(=O)c2cccc[n+]2O)cc1. The van der Waals surface area contributed by atoms with Crippen molar-refractivity contribution in [2.75, 3.05) is 0 Å². The molecule has 1 atom stereocenters. The summed E-state index contributed by atoms with van der Waals surface area (Å²) in [5.41, 5.74) is -5.52. The van der Waals surface area contributed by atoms with E-state index in [2.05, 4.69) is 0 Å². The maximum atomic E-state index is 13.3. The summed E-state index contributed by atoms with van der Waals surface area (Å²) >= 11 is 5.92. The van der Waals surface area contributed by atoms with E-state index in [0.717, 1.165) is 61.7 Å². The standard InChI is InChI=1S/C20H17ClF3N2O7S3/c1-13(25-36(32,33)20(22,23)24)14-5-8-16(9-6-14)34(28,29)17-10-7-15(21)12-18(17)35(30,31)19-4-2-3-11-26(19)27/h2-13,25,27H,1H3/q+1/t13-/m0/s1. The summed E-state index contributed by atoms with van der Waals surface area (Å²) in [6, 6.07) is 9.49. The van der Waals surface area contributed by atoms with Crippen molar-refractivity contribution in [1.29, 1.82) is 0 Å². The average Bonchev–Trinajstić information content (AvgIpc) is 2.78. The lowest BCUT2D eigenvalue weighted by atomic mass is 10.1. The molecule has 194 valence electrons. The van der Waals surface area contributed by atoms with Crippen LogP contribution in [0.5, 0.6) is 0 Å². The zero-order valence-electron chi connectivity index (χ0n) is 18.0. The number of alkyl halides is 3. The number of nitrogens with zero attached hydrogens (tertiary/aromatic N) is 1. The van der Waals surface area contributed by atoms with Crippen molar-refractivity contribution in [3.8, 4) is 0 Å². The highest BCUT2D eigenvalue weighted by Crippen LogP contribution is 2.33. The molecule has 0 saturated heterocycles. The van der Waals surface area contributed by atoms with Gasteiger partial charge in [0.1, 0.15) is 0 Å². The van der Waals surface area contributed by atoms with E-state index in [9.17, 15) is 43.6 Å². The number of sulfone groups is 2. The Hall–Kier alpha value is -2.72. The second-order valence-corrected chi connectivity index (χ2v) is 13.3. The van der Waals surface area contributed by atoms with Crippen LogP contribution in [0.15, 0.2) is 86.6 Å². The zero-order valence-corrected chi connectivity index (χ0v) is 21.2. The number of nitrogens with one attached hydrogen (secondary N) is 1. The highest BCUT2D eigenvalue weighted by atomic mass is 35.5. The van der Waals surface area contributed by atoms with Crippen LogP contribution >= 0.6 is 11.6 Å². The van der Waals surface area contributed by atoms with Crippen LogP contribution in [0.2, 0.25) is 5.02 Å². The van der Waals surface area contributed by atoms with Crippen LogP contribution in [0.3, 0.4) is 0 Å². The quantitative estimate of drug-likeness (QED) is 0.321. The van der Waals surface area contributed by atoms with Gasteiger partial charge in [-0.15, -0.1) is 0 Å². The first kappa shape index (κ1) is 27.9. The third-order valence-electron chi connectivity index (χ3n) is 4.89. The summed E-state index contributed by atoms with van der Waals surface area (Å²) in [7, 11) is -14.8. The Labute approximate surface area is 209 Å². The monoisotopic (exact) mass is 585 g/mol. The molecule has 0 aliphatic rings. The summed E-state index contributed by atoms with van der Waals surface area (Å²) in [6.45, 7) is 1.13. The maximum absolute atomic E-state index is 13.3. The lowest BCUT2D eigenvalue weighted by Gasteiger charge is -2.16. The van der Waals surface area contributed by atoms with E-state index in [0.29, 0.717) is 4.73 Å². The van der Waals surface area contributed by atoms with Crippen molar-refractivity contribution >= 4 is 41.3 Å². The summed E-state index contributed by atoms with van der Waals surface area (Å²) in [6.07, 6.45) is 1.03. The molecule has 3 rings (SSSR count). The van der Waals surface area contributed by atoms with Crippen molar-refractivity contribution < 1.29 is 48.4 Å². The Balaban J connectivity index is 2.05. The molecule has 0 aliphatic heterocycles. The van der Waals surface area contributed by atoms with Crippen LogP contribution in [-0.4, -0.2) is 36.0 Å². The van der Waals surface area contributed by atoms with Crippen LogP contribution < -0.4 is 9.45 Å². The van der Waals surface area contributed by atoms with E-state index in [4.69, 9.17) is 11.6 Å². The van der Waals surface area contributed by atoms with Gasteiger partial charge in [-0.2, -0.15) is 13.2 Å². The predicted molar refractivity (Wildman–Crippen MR) is 119 cm³/mol. The molecule has 0 unspecified atom stereocenters. The number of rotatable bonds is 7. The van der Waals surface area contributed by atoms with Crippen LogP contribution in [0.1, 0.15) is 18.5 Å². The number of hydrogen-bond acceptors (Lipinski definition) is 7. The summed E-state index contributed by atoms with van der Waals surface area (Å²) in [5.74, 6) is 0. The lowest BCUT2D eigenvalue weighted by Crippen LogP contribution is -2.37. The van der Waals surface area contributed by atoms with E-state index in [1.807, 2.05) is 0 Å². The van der Waals surface area contributed by atoms with Crippen LogP contribution in [0, 0.1) is 0 Å². The third kappa shape index (κ3) is 5.34. The first-order chi connectivity index (χ1) is 16.5. The molecule has 3 aromatic rings. The molecule has 16 heteroatoms. The molecule has 1 heterocycles. The van der Waals surface area contributed by atoms with E-state index >= 15 is 0 Å². The van der Waals surface area contributed by atoms with Gasteiger partial charge in [-0.3, -0.25) is 5.21 Å². The molecule has 2 aromatic carbocycles. The van der Waals surface area contributed by atoms with E-state index in [1.54, 1.807) is 0 Å². The molecule has 0 radical (unpaired) electrons. The van der Waals surface area contributed by atoms with Crippen molar-refractivity contribution in [2.24, 2.45) is 0 Å². The van der Waals surface area contributed by atoms with Gasteiger partial charge in [0.25, 0.3) is 9.84 Å². The topological polar surface area (TPSA) is 139 Å². The normalized spacial score (nSPS) is 13.9. The second-order valence-electron chi connectivity index (χ2n) is 7.34. The van der Waals surface area contributed by atoms with Gasteiger partial charge in [0.2, 0.25) is 16.0 Å². The van der Waals surface area contributed by atoms with Gasteiger partial charge in [0.05, 0.1) is 14.7 Å². The molecule has 9 nitrogen and oxygen atoms in total. The minimum absolute atomic E-state index is 0.0105. The largest absolute Gasteiger partial charge is 0.511 e. The number of halogens is 4. The highest BCUT2D eigenvalue weighted by molar-refractivity contribution is 7.94. The average molecular weight is 586 g/mol. The molecule has 1 aromatic heterocycles. The summed E-state index contributed by atoms with van der Waals surface area (Å²) in [5, 5.41) is 9.20. The molecule has 2 N–H and O–H groups in total. The Kier molecular flexibility index (Phi) is 7.45. The first-order valence-corrected chi connectivity index (χ1v) is 14.5. The zero-order chi connectivity index (χ0) is 27.1. The Morgan fingerprint density at radius 1 is 0.889 bits per heavy atom. The van der Waals surface area contributed by atoms with Gasteiger partial charge in [0.15, 0.2) is 0 Å². The van der Waals surface area contributed by atoms with E-state index in [-0.39, 0.29) is 10.6 Å². The fourth-order valence-corrected chi connectivity index (χ4v) is 7.44. The van der Waals surface area contributed by atoms with Gasteiger partial charge in [0, 0.05) is 27.9 Å². The fraction of sp³-hybridized carbons (Fsp3) is 0.150. The molecule has 36 heavy (non-hydrogen) atoms. The van der Waals surface area contributed by atoms with Crippen molar-refractivity contribution in [1.82, 2.24) is 4.72 Å². The Morgan fingerprint density at radius 2 is 1.50 bits per heavy atom. The molecule has 0 spiro atoms. The molecule has 0 amide bonds. The molecular weight excluding hydrogens is 569 g/mol. The molecule has 0 fully saturated rings.